The number of aromatic nitrogens is 2. The highest BCUT2D eigenvalue weighted by Gasteiger charge is 2.20. The number of hydrogen-bond acceptors (Lipinski definition) is 1. The van der Waals surface area contributed by atoms with E-state index in [0.717, 1.165) is 33.1 Å². The molecule has 9 rings (SSSR count). The van der Waals surface area contributed by atoms with E-state index in [1.165, 1.54) is 49.3 Å². The van der Waals surface area contributed by atoms with Crippen LogP contribution in [0.25, 0.3) is 76.9 Å². The number of nitrogens with zero attached hydrogens (tertiary/aromatic N) is 2. The van der Waals surface area contributed by atoms with E-state index in [9.17, 15) is 0 Å². The van der Waals surface area contributed by atoms with Gasteiger partial charge >= 0.3 is 0 Å². The largest absolute Gasteiger partial charge is 0.456 e. The molecule has 0 bridgehead atoms. The van der Waals surface area contributed by atoms with Gasteiger partial charge in [-0.25, -0.2) is 0 Å². The van der Waals surface area contributed by atoms with Gasteiger partial charge in [0.15, 0.2) is 0 Å². The Labute approximate surface area is 230 Å². The maximum absolute atomic E-state index is 6.35. The second kappa shape index (κ2) is 7.87. The Morgan fingerprint density at radius 3 is 1.85 bits per heavy atom. The lowest BCUT2D eigenvalue weighted by Crippen LogP contribution is -1.95. The van der Waals surface area contributed by atoms with Gasteiger partial charge in [-0.1, -0.05) is 66.7 Å². The zero-order valence-corrected chi connectivity index (χ0v) is 21.9. The SMILES string of the molecule is Cc1cccc(-n2c3cc4oc5ccccc5c4cc3c3cc4c(cc32)c2ccccc2n4-c2ccccc2)c1. The van der Waals surface area contributed by atoms with Gasteiger partial charge in [-0.15, -0.1) is 0 Å². The van der Waals surface area contributed by atoms with Crippen LogP contribution in [0, 0.1) is 6.92 Å². The topological polar surface area (TPSA) is 23.0 Å². The summed E-state index contributed by atoms with van der Waals surface area (Å²) in [4.78, 5) is 0. The van der Waals surface area contributed by atoms with Crippen molar-refractivity contribution in [1.29, 1.82) is 0 Å². The van der Waals surface area contributed by atoms with Crippen LogP contribution < -0.4 is 0 Å². The molecule has 0 aliphatic carbocycles. The second-order valence-electron chi connectivity index (χ2n) is 10.7. The first-order valence-corrected chi connectivity index (χ1v) is 13.7. The zero-order valence-electron chi connectivity index (χ0n) is 21.9. The fourth-order valence-electron chi connectivity index (χ4n) is 6.60. The molecule has 0 saturated carbocycles. The number of furan rings is 1. The Morgan fingerprint density at radius 2 is 1.02 bits per heavy atom. The second-order valence-corrected chi connectivity index (χ2v) is 10.7. The van der Waals surface area contributed by atoms with E-state index in [4.69, 9.17) is 4.42 Å². The molecule has 0 unspecified atom stereocenters. The third-order valence-corrected chi connectivity index (χ3v) is 8.33. The maximum atomic E-state index is 6.35. The van der Waals surface area contributed by atoms with Crippen molar-refractivity contribution in [2.75, 3.05) is 0 Å². The van der Waals surface area contributed by atoms with Crippen molar-refractivity contribution in [3.8, 4) is 11.4 Å². The highest BCUT2D eigenvalue weighted by Crippen LogP contribution is 2.42. The van der Waals surface area contributed by atoms with Crippen molar-refractivity contribution in [2.45, 2.75) is 6.92 Å². The van der Waals surface area contributed by atoms with Crippen molar-refractivity contribution < 1.29 is 4.42 Å². The van der Waals surface area contributed by atoms with Gasteiger partial charge in [0.05, 0.1) is 22.1 Å². The van der Waals surface area contributed by atoms with Crippen LogP contribution in [0.3, 0.4) is 0 Å². The summed E-state index contributed by atoms with van der Waals surface area (Å²) in [7, 11) is 0. The van der Waals surface area contributed by atoms with E-state index >= 15 is 0 Å². The van der Waals surface area contributed by atoms with E-state index in [1.54, 1.807) is 0 Å². The smallest absolute Gasteiger partial charge is 0.137 e. The molecule has 3 aromatic heterocycles. The predicted octanol–water partition coefficient (Wildman–Crippen LogP) is 10.1. The fourth-order valence-corrected chi connectivity index (χ4v) is 6.60. The number of rotatable bonds is 2. The molecule has 0 fully saturated rings. The van der Waals surface area contributed by atoms with Gasteiger partial charge in [0.1, 0.15) is 11.2 Å². The van der Waals surface area contributed by atoms with E-state index in [0.29, 0.717) is 0 Å². The van der Waals surface area contributed by atoms with Gasteiger partial charge in [0, 0.05) is 49.8 Å². The third-order valence-electron chi connectivity index (χ3n) is 8.33. The predicted molar refractivity (Wildman–Crippen MR) is 167 cm³/mol. The van der Waals surface area contributed by atoms with Crippen LogP contribution in [0.2, 0.25) is 0 Å². The molecule has 0 N–H and O–H groups in total. The third kappa shape index (κ3) is 2.89. The Bertz CT molecular complexity index is 2440. The van der Waals surface area contributed by atoms with Gasteiger partial charge in [-0.3, -0.25) is 0 Å². The first-order chi connectivity index (χ1) is 19.7. The number of aryl methyl sites for hydroxylation is 1. The Balaban J connectivity index is 1.51. The minimum Gasteiger partial charge on any atom is -0.456 e. The molecule has 9 aromatic rings. The normalized spacial score (nSPS) is 12.1. The quantitative estimate of drug-likeness (QED) is 0.226. The van der Waals surface area contributed by atoms with Crippen LogP contribution in [0.1, 0.15) is 5.56 Å². The van der Waals surface area contributed by atoms with Crippen LogP contribution in [-0.4, -0.2) is 9.13 Å². The molecule has 40 heavy (non-hydrogen) atoms. The van der Waals surface area contributed by atoms with Crippen LogP contribution in [0.15, 0.2) is 132 Å². The average molecular weight is 513 g/mol. The summed E-state index contributed by atoms with van der Waals surface area (Å²) in [5.74, 6) is 0. The lowest BCUT2D eigenvalue weighted by atomic mass is 10.1. The summed E-state index contributed by atoms with van der Waals surface area (Å²) in [5, 5.41) is 7.26. The summed E-state index contributed by atoms with van der Waals surface area (Å²) in [5.41, 5.74) is 10.2. The van der Waals surface area contributed by atoms with E-state index < -0.39 is 0 Å². The van der Waals surface area contributed by atoms with Crippen molar-refractivity contribution in [3.63, 3.8) is 0 Å². The van der Waals surface area contributed by atoms with Crippen LogP contribution >= 0.6 is 0 Å². The Morgan fingerprint density at radius 1 is 0.400 bits per heavy atom. The molecule has 3 nitrogen and oxygen atoms in total. The van der Waals surface area contributed by atoms with Crippen LogP contribution in [0.5, 0.6) is 0 Å². The van der Waals surface area contributed by atoms with Crippen molar-refractivity contribution in [1.82, 2.24) is 9.13 Å². The summed E-state index contributed by atoms with van der Waals surface area (Å²) < 4.78 is 11.1. The van der Waals surface area contributed by atoms with Crippen LogP contribution in [0.4, 0.5) is 0 Å². The molecule has 0 spiro atoms. The minimum absolute atomic E-state index is 0.911. The molecule has 0 aliphatic heterocycles. The summed E-state index contributed by atoms with van der Waals surface area (Å²) >= 11 is 0. The molecule has 0 aliphatic rings. The minimum atomic E-state index is 0.911. The molecule has 0 amide bonds. The number of para-hydroxylation sites is 3. The van der Waals surface area contributed by atoms with Crippen molar-refractivity contribution in [3.05, 3.63) is 133 Å². The van der Waals surface area contributed by atoms with Gasteiger partial charge in [-0.2, -0.15) is 0 Å². The van der Waals surface area contributed by atoms with Gasteiger partial charge in [-0.05, 0) is 67.1 Å². The lowest BCUT2D eigenvalue weighted by Gasteiger charge is -2.09. The molecule has 0 saturated heterocycles. The van der Waals surface area contributed by atoms with Gasteiger partial charge < -0.3 is 13.6 Å². The monoisotopic (exact) mass is 512 g/mol. The van der Waals surface area contributed by atoms with E-state index in [2.05, 4.69) is 137 Å². The van der Waals surface area contributed by atoms with Crippen molar-refractivity contribution in [2.24, 2.45) is 0 Å². The maximum Gasteiger partial charge on any atom is 0.137 e. The molecular formula is C37H24N2O. The average Bonchev–Trinajstić information content (AvgIpc) is 3.62. The summed E-state index contributed by atoms with van der Waals surface area (Å²) in [6.07, 6.45) is 0. The molecule has 3 heteroatoms. The molecule has 188 valence electrons. The number of benzene rings is 6. The summed E-state index contributed by atoms with van der Waals surface area (Å²) in [6, 6.07) is 45.8. The Kier molecular flexibility index (Phi) is 4.26. The molecule has 6 aromatic carbocycles. The number of fused-ring (bicyclic) bond motifs is 9. The Hall–Kier alpha value is -5.28. The highest BCUT2D eigenvalue weighted by atomic mass is 16.3. The highest BCUT2D eigenvalue weighted by molar-refractivity contribution is 6.22. The van der Waals surface area contributed by atoms with Gasteiger partial charge in [0.2, 0.25) is 0 Å². The van der Waals surface area contributed by atoms with E-state index in [-0.39, 0.29) is 0 Å². The molecule has 0 atom stereocenters. The van der Waals surface area contributed by atoms with Crippen molar-refractivity contribution >= 4 is 65.6 Å². The molecule has 0 radical (unpaired) electrons. The molecular weight excluding hydrogens is 488 g/mol. The molecule has 3 heterocycles. The number of hydrogen-bond donors (Lipinski definition) is 0. The first kappa shape index (κ1) is 21.6. The van der Waals surface area contributed by atoms with Crippen LogP contribution in [-0.2, 0) is 0 Å². The standard InChI is InChI=1S/C37H24N2O/c1-23-10-9-13-25(18-23)39-34-20-29-26-14-5-7-16-32(26)38(24-11-3-2-4-12-24)33(29)21-30(34)28-19-31-27-15-6-8-17-36(27)40-37(31)22-35(28)39/h2-22H,1H3. The van der Waals surface area contributed by atoms with E-state index in [1.807, 2.05) is 6.07 Å². The lowest BCUT2D eigenvalue weighted by molar-refractivity contribution is 0.669. The fraction of sp³-hybridized carbons (Fsp3) is 0.0270. The zero-order chi connectivity index (χ0) is 26.4. The summed E-state index contributed by atoms with van der Waals surface area (Å²) in [6.45, 7) is 2.15. The first-order valence-electron chi connectivity index (χ1n) is 13.7. The van der Waals surface area contributed by atoms with Gasteiger partial charge in [0.25, 0.3) is 0 Å².